The average molecular weight is 277 g/mol. The van der Waals surface area contributed by atoms with Crippen molar-refractivity contribution in [2.75, 3.05) is 0 Å². The molecule has 0 aromatic heterocycles. The number of carbonyl (C=O) groups is 3. The summed E-state index contributed by atoms with van der Waals surface area (Å²) in [4.78, 5) is 34.4. The van der Waals surface area contributed by atoms with Gasteiger partial charge in [0.2, 0.25) is 5.91 Å². The topological polar surface area (TPSA) is 83.5 Å². The molecule has 2 N–H and O–H groups in total. The van der Waals surface area contributed by atoms with Crippen molar-refractivity contribution in [2.45, 2.75) is 32.7 Å². The lowest BCUT2D eigenvalue weighted by Crippen LogP contribution is -2.44. The number of aliphatic carboxylic acids is 1. The third-order valence-corrected chi connectivity index (χ3v) is 2.92. The SMILES string of the molecule is CC(C)[C@H](NC(=O)CCC(=O)c1ccccc1)C(=O)O. The van der Waals surface area contributed by atoms with Crippen molar-refractivity contribution < 1.29 is 19.5 Å². The van der Waals surface area contributed by atoms with Gasteiger partial charge >= 0.3 is 5.97 Å². The lowest BCUT2D eigenvalue weighted by atomic mass is 10.0. The summed E-state index contributed by atoms with van der Waals surface area (Å²) < 4.78 is 0. The Bertz CT molecular complexity index is 482. The summed E-state index contributed by atoms with van der Waals surface area (Å²) in [6.45, 7) is 3.43. The van der Waals surface area contributed by atoms with E-state index in [4.69, 9.17) is 5.11 Å². The van der Waals surface area contributed by atoms with Crippen LogP contribution >= 0.6 is 0 Å². The fourth-order valence-corrected chi connectivity index (χ4v) is 1.75. The molecule has 108 valence electrons. The van der Waals surface area contributed by atoms with Crippen LogP contribution in [0.5, 0.6) is 0 Å². The molecule has 5 nitrogen and oxygen atoms in total. The molecule has 5 heteroatoms. The minimum Gasteiger partial charge on any atom is -0.480 e. The Labute approximate surface area is 118 Å². The number of ketones is 1. The van der Waals surface area contributed by atoms with Gasteiger partial charge in [-0.3, -0.25) is 9.59 Å². The maximum Gasteiger partial charge on any atom is 0.326 e. The molecule has 1 aromatic rings. The Kier molecular flexibility index (Phi) is 5.90. The van der Waals surface area contributed by atoms with E-state index in [0.29, 0.717) is 5.56 Å². The quantitative estimate of drug-likeness (QED) is 0.745. The monoisotopic (exact) mass is 277 g/mol. The standard InChI is InChI=1S/C15H19NO4/c1-10(2)14(15(19)20)16-13(18)9-8-12(17)11-6-4-3-5-7-11/h3-7,10,14H,8-9H2,1-2H3,(H,16,18)(H,19,20)/t14-/m0/s1. The summed E-state index contributed by atoms with van der Waals surface area (Å²) >= 11 is 0. The van der Waals surface area contributed by atoms with Crippen molar-refractivity contribution >= 4 is 17.7 Å². The molecule has 0 spiro atoms. The number of nitrogens with one attached hydrogen (secondary N) is 1. The number of hydrogen-bond acceptors (Lipinski definition) is 3. The molecule has 0 aliphatic carbocycles. The zero-order valence-electron chi connectivity index (χ0n) is 11.6. The molecule has 0 heterocycles. The normalized spacial score (nSPS) is 11.9. The summed E-state index contributed by atoms with van der Waals surface area (Å²) in [6, 6.07) is 7.78. The van der Waals surface area contributed by atoms with Crippen molar-refractivity contribution in [3.05, 3.63) is 35.9 Å². The molecule has 1 amide bonds. The van der Waals surface area contributed by atoms with Crippen LogP contribution in [0.4, 0.5) is 0 Å². The fourth-order valence-electron chi connectivity index (χ4n) is 1.75. The van der Waals surface area contributed by atoms with E-state index in [0.717, 1.165) is 0 Å². The van der Waals surface area contributed by atoms with Gasteiger partial charge in [0, 0.05) is 18.4 Å². The second kappa shape index (κ2) is 7.43. The fraction of sp³-hybridized carbons (Fsp3) is 0.400. The molecule has 0 aliphatic rings. The highest BCUT2D eigenvalue weighted by Crippen LogP contribution is 2.06. The highest BCUT2D eigenvalue weighted by molar-refractivity contribution is 5.98. The minimum absolute atomic E-state index is 0.00969. The van der Waals surface area contributed by atoms with E-state index in [-0.39, 0.29) is 24.5 Å². The molecule has 0 unspecified atom stereocenters. The Morgan fingerprint density at radius 3 is 2.20 bits per heavy atom. The van der Waals surface area contributed by atoms with Gasteiger partial charge in [-0.15, -0.1) is 0 Å². The van der Waals surface area contributed by atoms with Gasteiger partial charge in [-0.25, -0.2) is 4.79 Å². The molecular weight excluding hydrogens is 258 g/mol. The van der Waals surface area contributed by atoms with Crippen LogP contribution in [0.3, 0.4) is 0 Å². The Morgan fingerprint density at radius 2 is 1.70 bits per heavy atom. The first-order valence-corrected chi connectivity index (χ1v) is 6.52. The summed E-state index contributed by atoms with van der Waals surface area (Å²) in [5.41, 5.74) is 0.555. The Balaban J connectivity index is 2.47. The van der Waals surface area contributed by atoms with Gasteiger partial charge in [0.25, 0.3) is 0 Å². The van der Waals surface area contributed by atoms with E-state index in [1.54, 1.807) is 38.1 Å². The summed E-state index contributed by atoms with van der Waals surface area (Å²) in [7, 11) is 0. The second-order valence-corrected chi connectivity index (χ2v) is 4.92. The third kappa shape index (κ3) is 4.84. The lowest BCUT2D eigenvalue weighted by Gasteiger charge is -2.17. The van der Waals surface area contributed by atoms with Gasteiger partial charge < -0.3 is 10.4 Å². The molecular formula is C15H19NO4. The van der Waals surface area contributed by atoms with Crippen LogP contribution in [0.15, 0.2) is 30.3 Å². The maximum atomic E-state index is 11.8. The number of rotatable bonds is 7. The number of carboxylic acid groups (broad SMARTS) is 1. The molecule has 1 rings (SSSR count). The number of Topliss-reactive ketones (excluding diaryl/α,β-unsaturated/α-hetero) is 1. The third-order valence-electron chi connectivity index (χ3n) is 2.92. The molecule has 0 saturated carbocycles. The first kappa shape index (κ1) is 15.9. The van der Waals surface area contributed by atoms with Crippen LogP contribution < -0.4 is 5.32 Å². The van der Waals surface area contributed by atoms with E-state index in [2.05, 4.69) is 5.32 Å². The molecule has 0 bridgehead atoms. The predicted molar refractivity (Wildman–Crippen MR) is 74.4 cm³/mol. The number of carbonyl (C=O) groups excluding carboxylic acids is 2. The van der Waals surface area contributed by atoms with Crippen LogP contribution in [0, 0.1) is 5.92 Å². The number of carboxylic acids is 1. The van der Waals surface area contributed by atoms with Crippen LogP contribution in [0.2, 0.25) is 0 Å². The van der Waals surface area contributed by atoms with Crippen molar-refractivity contribution in [3.63, 3.8) is 0 Å². The van der Waals surface area contributed by atoms with E-state index in [1.165, 1.54) is 0 Å². The molecule has 0 aliphatic heterocycles. The molecule has 1 atom stereocenters. The van der Waals surface area contributed by atoms with E-state index < -0.39 is 17.9 Å². The van der Waals surface area contributed by atoms with Crippen LogP contribution in [-0.2, 0) is 9.59 Å². The van der Waals surface area contributed by atoms with Gasteiger partial charge in [-0.2, -0.15) is 0 Å². The van der Waals surface area contributed by atoms with Gasteiger partial charge in [0.15, 0.2) is 5.78 Å². The summed E-state index contributed by atoms with van der Waals surface area (Å²) in [5, 5.41) is 11.4. The van der Waals surface area contributed by atoms with Crippen molar-refractivity contribution in [2.24, 2.45) is 5.92 Å². The van der Waals surface area contributed by atoms with E-state index in [1.807, 2.05) is 6.07 Å². The molecule has 1 aromatic carbocycles. The molecule has 20 heavy (non-hydrogen) atoms. The first-order valence-electron chi connectivity index (χ1n) is 6.52. The van der Waals surface area contributed by atoms with Gasteiger partial charge in [0.1, 0.15) is 6.04 Å². The minimum atomic E-state index is -1.07. The second-order valence-electron chi connectivity index (χ2n) is 4.92. The van der Waals surface area contributed by atoms with Crippen molar-refractivity contribution in [1.82, 2.24) is 5.32 Å². The first-order chi connectivity index (χ1) is 9.41. The highest BCUT2D eigenvalue weighted by Gasteiger charge is 2.23. The number of benzene rings is 1. The van der Waals surface area contributed by atoms with Gasteiger partial charge in [0.05, 0.1) is 0 Å². The number of amides is 1. The highest BCUT2D eigenvalue weighted by atomic mass is 16.4. The van der Waals surface area contributed by atoms with Gasteiger partial charge in [-0.1, -0.05) is 44.2 Å². The van der Waals surface area contributed by atoms with E-state index in [9.17, 15) is 14.4 Å². The van der Waals surface area contributed by atoms with Crippen LogP contribution in [-0.4, -0.2) is 28.8 Å². The van der Waals surface area contributed by atoms with Crippen molar-refractivity contribution in [3.8, 4) is 0 Å². The molecule has 0 fully saturated rings. The maximum absolute atomic E-state index is 11.8. The van der Waals surface area contributed by atoms with E-state index >= 15 is 0 Å². The van der Waals surface area contributed by atoms with Gasteiger partial charge in [-0.05, 0) is 5.92 Å². The van der Waals surface area contributed by atoms with Crippen molar-refractivity contribution in [1.29, 1.82) is 0 Å². The average Bonchev–Trinajstić information content (AvgIpc) is 2.42. The zero-order chi connectivity index (χ0) is 15.1. The Hall–Kier alpha value is -2.17. The lowest BCUT2D eigenvalue weighted by molar-refractivity contribution is -0.143. The predicted octanol–water partition coefficient (Wildman–Crippen LogP) is 1.87. The smallest absolute Gasteiger partial charge is 0.326 e. The summed E-state index contributed by atoms with van der Waals surface area (Å²) in [5.74, 6) is -1.82. The number of hydrogen-bond donors (Lipinski definition) is 2. The Morgan fingerprint density at radius 1 is 1.10 bits per heavy atom. The van der Waals surface area contributed by atoms with Crippen LogP contribution in [0.25, 0.3) is 0 Å². The largest absolute Gasteiger partial charge is 0.480 e. The molecule has 0 radical (unpaired) electrons. The zero-order valence-corrected chi connectivity index (χ0v) is 11.6. The summed E-state index contributed by atoms with van der Waals surface area (Å²) in [6.07, 6.45) is 0.0600. The van der Waals surface area contributed by atoms with Crippen LogP contribution in [0.1, 0.15) is 37.0 Å². The molecule has 0 saturated heterocycles.